The Bertz CT molecular complexity index is 591. The van der Waals surface area contributed by atoms with E-state index in [0.29, 0.717) is 18.8 Å². The lowest BCUT2D eigenvalue weighted by atomic mass is 10.2. The molecule has 0 aromatic carbocycles. The third kappa shape index (κ3) is 3.66. The zero-order valence-corrected chi connectivity index (χ0v) is 11.4. The van der Waals surface area contributed by atoms with Gasteiger partial charge in [0.15, 0.2) is 0 Å². The van der Waals surface area contributed by atoms with Crippen LogP contribution in [0.15, 0.2) is 36.7 Å². The maximum atomic E-state index is 12.0. The quantitative estimate of drug-likeness (QED) is 0.572. The van der Waals surface area contributed by atoms with Gasteiger partial charge in [0, 0.05) is 18.9 Å². The summed E-state index contributed by atoms with van der Waals surface area (Å²) in [6.45, 7) is 0.475. The highest BCUT2D eigenvalue weighted by molar-refractivity contribution is 6.33. The fourth-order valence-electron chi connectivity index (χ4n) is 1.63. The first-order valence-corrected chi connectivity index (χ1v) is 6.39. The predicted molar refractivity (Wildman–Crippen MR) is 77.3 cm³/mol. The van der Waals surface area contributed by atoms with Crippen LogP contribution < -0.4 is 16.6 Å². The molecule has 104 valence electrons. The van der Waals surface area contributed by atoms with Gasteiger partial charge in [-0.05, 0) is 30.2 Å². The van der Waals surface area contributed by atoms with Crippen LogP contribution in [-0.2, 0) is 6.42 Å². The van der Waals surface area contributed by atoms with Gasteiger partial charge in [0.2, 0.25) is 0 Å². The molecular formula is C13H14ClN5O. The number of hydrogen-bond acceptors (Lipinski definition) is 5. The number of rotatable bonds is 5. The number of hydrogen-bond donors (Lipinski definition) is 3. The van der Waals surface area contributed by atoms with Crippen molar-refractivity contribution in [2.24, 2.45) is 5.84 Å². The number of aromatic nitrogens is 2. The van der Waals surface area contributed by atoms with E-state index in [1.165, 1.54) is 0 Å². The van der Waals surface area contributed by atoms with Gasteiger partial charge in [0.25, 0.3) is 5.91 Å². The molecule has 0 unspecified atom stereocenters. The van der Waals surface area contributed by atoms with Crippen molar-refractivity contribution < 1.29 is 4.79 Å². The standard InChI is InChI=1S/C13H14ClN5O/c14-10-3-4-11(19-15)18-12(10)13(20)17-7-5-9-2-1-6-16-8-9/h1-4,6,8H,5,7,15H2,(H,17,20)(H,18,19). The number of amides is 1. The van der Waals surface area contributed by atoms with Crippen LogP contribution in [0.4, 0.5) is 5.82 Å². The number of halogens is 1. The Morgan fingerprint density at radius 2 is 2.20 bits per heavy atom. The Labute approximate surface area is 121 Å². The zero-order valence-electron chi connectivity index (χ0n) is 10.6. The first-order chi connectivity index (χ1) is 9.70. The molecule has 2 heterocycles. The number of nitrogens with two attached hydrogens (primary N) is 1. The number of pyridine rings is 2. The average molecular weight is 292 g/mol. The third-order valence-electron chi connectivity index (χ3n) is 2.63. The number of hydrazine groups is 1. The Kier molecular flexibility index (Phi) is 4.86. The largest absolute Gasteiger partial charge is 0.350 e. The number of carbonyl (C=O) groups excluding carboxylic acids is 1. The van der Waals surface area contributed by atoms with Crippen molar-refractivity contribution in [3.8, 4) is 0 Å². The van der Waals surface area contributed by atoms with Crippen LogP contribution in [-0.4, -0.2) is 22.4 Å². The van der Waals surface area contributed by atoms with Crippen LogP contribution in [0, 0.1) is 0 Å². The number of nitrogen functional groups attached to an aromatic ring is 1. The van der Waals surface area contributed by atoms with Crippen molar-refractivity contribution in [3.63, 3.8) is 0 Å². The smallest absolute Gasteiger partial charge is 0.271 e. The van der Waals surface area contributed by atoms with Crippen LogP contribution >= 0.6 is 11.6 Å². The molecule has 2 rings (SSSR count). The summed E-state index contributed by atoms with van der Waals surface area (Å²) in [6.07, 6.45) is 4.15. The number of nitrogens with one attached hydrogen (secondary N) is 2. The van der Waals surface area contributed by atoms with Gasteiger partial charge in [0.05, 0.1) is 5.02 Å². The monoisotopic (exact) mass is 291 g/mol. The molecule has 2 aromatic rings. The highest BCUT2D eigenvalue weighted by Crippen LogP contribution is 2.16. The predicted octanol–water partition coefficient (Wildman–Crippen LogP) is 1.39. The Morgan fingerprint density at radius 3 is 2.90 bits per heavy atom. The maximum Gasteiger partial charge on any atom is 0.271 e. The fourth-order valence-corrected chi connectivity index (χ4v) is 1.82. The molecule has 0 saturated heterocycles. The fraction of sp³-hybridized carbons (Fsp3) is 0.154. The molecule has 4 N–H and O–H groups in total. The molecule has 0 radical (unpaired) electrons. The van der Waals surface area contributed by atoms with E-state index < -0.39 is 0 Å². The van der Waals surface area contributed by atoms with Crippen molar-refractivity contribution in [2.75, 3.05) is 12.0 Å². The summed E-state index contributed by atoms with van der Waals surface area (Å²) in [4.78, 5) is 20.0. The number of carbonyl (C=O) groups is 1. The topological polar surface area (TPSA) is 92.9 Å². The minimum atomic E-state index is -0.337. The summed E-state index contributed by atoms with van der Waals surface area (Å²) in [5, 5.41) is 3.04. The molecule has 0 bridgehead atoms. The van der Waals surface area contributed by atoms with E-state index in [2.05, 4.69) is 20.7 Å². The molecule has 7 heteroatoms. The number of anilines is 1. The molecule has 0 fully saturated rings. The molecule has 2 aromatic heterocycles. The van der Waals surface area contributed by atoms with Gasteiger partial charge in [0.1, 0.15) is 11.5 Å². The molecular weight excluding hydrogens is 278 g/mol. The van der Waals surface area contributed by atoms with Crippen LogP contribution in [0.1, 0.15) is 16.1 Å². The first-order valence-electron chi connectivity index (χ1n) is 6.01. The Morgan fingerprint density at radius 1 is 1.35 bits per heavy atom. The van der Waals surface area contributed by atoms with Gasteiger partial charge in [-0.15, -0.1) is 0 Å². The van der Waals surface area contributed by atoms with Crippen LogP contribution in [0.3, 0.4) is 0 Å². The van der Waals surface area contributed by atoms with E-state index in [4.69, 9.17) is 17.4 Å². The molecule has 20 heavy (non-hydrogen) atoms. The van der Waals surface area contributed by atoms with Crippen molar-refractivity contribution in [3.05, 3.63) is 52.9 Å². The van der Waals surface area contributed by atoms with Gasteiger partial charge >= 0.3 is 0 Å². The summed E-state index contributed by atoms with van der Waals surface area (Å²) >= 11 is 5.94. The van der Waals surface area contributed by atoms with Gasteiger partial charge in [-0.2, -0.15) is 0 Å². The molecule has 0 saturated carbocycles. The maximum absolute atomic E-state index is 12.0. The minimum Gasteiger partial charge on any atom is -0.350 e. The van der Waals surface area contributed by atoms with Gasteiger partial charge in [-0.1, -0.05) is 17.7 Å². The van der Waals surface area contributed by atoms with E-state index in [0.717, 1.165) is 5.56 Å². The van der Waals surface area contributed by atoms with Crippen LogP contribution in [0.25, 0.3) is 0 Å². The summed E-state index contributed by atoms with van der Waals surface area (Å²) < 4.78 is 0. The molecule has 0 spiro atoms. The Balaban J connectivity index is 1.95. The molecule has 1 amide bonds. The molecule has 0 atom stereocenters. The molecule has 6 nitrogen and oxygen atoms in total. The van der Waals surface area contributed by atoms with Gasteiger partial charge in [-0.3, -0.25) is 9.78 Å². The third-order valence-corrected chi connectivity index (χ3v) is 2.94. The van der Waals surface area contributed by atoms with Crippen molar-refractivity contribution in [2.45, 2.75) is 6.42 Å². The zero-order chi connectivity index (χ0) is 14.4. The van der Waals surface area contributed by atoms with Gasteiger partial charge < -0.3 is 10.7 Å². The first kappa shape index (κ1) is 14.2. The van der Waals surface area contributed by atoms with E-state index in [1.807, 2.05) is 12.1 Å². The molecule has 0 aliphatic heterocycles. The summed E-state index contributed by atoms with van der Waals surface area (Å²) in [7, 11) is 0. The highest BCUT2D eigenvalue weighted by Gasteiger charge is 2.12. The van der Waals surface area contributed by atoms with E-state index in [1.54, 1.807) is 24.5 Å². The molecule has 0 aliphatic carbocycles. The van der Waals surface area contributed by atoms with E-state index in [9.17, 15) is 4.79 Å². The molecule has 0 aliphatic rings. The van der Waals surface area contributed by atoms with Crippen LogP contribution in [0.2, 0.25) is 5.02 Å². The number of nitrogens with zero attached hydrogens (tertiary/aromatic N) is 2. The van der Waals surface area contributed by atoms with Gasteiger partial charge in [-0.25, -0.2) is 10.8 Å². The summed E-state index contributed by atoms with van der Waals surface area (Å²) in [5.74, 6) is 5.30. The van der Waals surface area contributed by atoms with E-state index in [-0.39, 0.29) is 16.6 Å². The summed E-state index contributed by atoms with van der Waals surface area (Å²) in [6, 6.07) is 6.96. The second-order valence-corrected chi connectivity index (χ2v) is 4.45. The average Bonchev–Trinajstić information content (AvgIpc) is 2.48. The lowest BCUT2D eigenvalue weighted by molar-refractivity contribution is 0.0949. The highest BCUT2D eigenvalue weighted by atomic mass is 35.5. The van der Waals surface area contributed by atoms with Crippen molar-refractivity contribution in [1.82, 2.24) is 15.3 Å². The minimum absolute atomic E-state index is 0.147. The normalized spacial score (nSPS) is 10.1. The SMILES string of the molecule is NNc1ccc(Cl)c(C(=O)NCCc2cccnc2)n1. The Hall–Kier alpha value is -2.18. The van der Waals surface area contributed by atoms with Crippen LogP contribution in [0.5, 0.6) is 0 Å². The van der Waals surface area contributed by atoms with E-state index >= 15 is 0 Å². The lowest BCUT2D eigenvalue weighted by Gasteiger charge is -2.07. The van der Waals surface area contributed by atoms with Crippen molar-refractivity contribution in [1.29, 1.82) is 0 Å². The second-order valence-electron chi connectivity index (χ2n) is 4.04. The lowest BCUT2D eigenvalue weighted by Crippen LogP contribution is -2.27. The van der Waals surface area contributed by atoms with Crippen molar-refractivity contribution >= 4 is 23.3 Å². The second kappa shape index (κ2) is 6.83. The summed E-state index contributed by atoms with van der Waals surface area (Å²) in [5.41, 5.74) is 3.57.